The van der Waals surface area contributed by atoms with Crippen molar-refractivity contribution in [2.45, 2.75) is 124 Å². The maximum Gasteiger partial charge on any atom is 0.135 e. The van der Waals surface area contributed by atoms with Crippen LogP contribution in [0.3, 0.4) is 0 Å². The first-order chi connectivity index (χ1) is 42.2. The predicted molar refractivity (Wildman–Crippen MR) is 332 cm³/mol. The Labute approximate surface area is 505 Å². The Bertz CT molecular complexity index is 4550. The van der Waals surface area contributed by atoms with Crippen LogP contribution in [0.2, 0.25) is 0 Å². The largest absolute Gasteiger partial charge is 0.509 e. The van der Waals surface area contributed by atoms with E-state index in [2.05, 4.69) is 118 Å². The van der Waals surface area contributed by atoms with Crippen molar-refractivity contribution in [3.05, 3.63) is 222 Å². The van der Waals surface area contributed by atoms with Crippen LogP contribution >= 0.6 is 0 Å². The number of pyridine rings is 1. The summed E-state index contributed by atoms with van der Waals surface area (Å²) in [4.78, 5) is 9.05. The van der Waals surface area contributed by atoms with Crippen molar-refractivity contribution in [3.63, 3.8) is 0 Å². The first kappa shape index (κ1) is 42.7. The number of para-hydroxylation sites is 4. The molecule has 0 atom stereocenters. The van der Waals surface area contributed by atoms with Gasteiger partial charge in [0, 0.05) is 80.8 Å². The van der Waals surface area contributed by atoms with E-state index >= 15 is 0 Å². The van der Waals surface area contributed by atoms with Crippen molar-refractivity contribution in [2.24, 2.45) is 5.92 Å². The topological polar surface area (TPSA) is 33.5 Å². The molecule has 2 aliphatic rings. The van der Waals surface area contributed by atoms with E-state index in [1.54, 1.807) is 35.0 Å². The quantitative estimate of drug-likeness (QED) is 0.128. The van der Waals surface area contributed by atoms with Gasteiger partial charge in [-0.2, -0.15) is 12.1 Å². The van der Waals surface area contributed by atoms with Gasteiger partial charge >= 0.3 is 0 Å². The molecule has 0 unspecified atom stereocenters. The van der Waals surface area contributed by atoms with Crippen LogP contribution in [-0.2, 0) is 49.1 Å². The third-order valence-corrected chi connectivity index (χ3v) is 15.9. The summed E-state index contributed by atoms with van der Waals surface area (Å²) in [5, 5.41) is 0.721. The molecule has 1 aliphatic heterocycles. The van der Waals surface area contributed by atoms with Gasteiger partial charge in [0.15, 0.2) is 0 Å². The number of ether oxygens (including phenoxy) is 1. The Kier molecular flexibility index (Phi) is 11.0. The Balaban J connectivity index is 0.00000850. The second-order valence-electron chi connectivity index (χ2n) is 24.9. The molecule has 408 valence electrons. The Hall–Kier alpha value is -7.20. The van der Waals surface area contributed by atoms with E-state index in [1.165, 1.54) is 11.1 Å². The molecule has 2 aromatic heterocycles. The fourth-order valence-corrected chi connectivity index (χ4v) is 11.4. The summed E-state index contributed by atoms with van der Waals surface area (Å²) in [5.41, 5.74) is 11.4. The monoisotopic (exact) mass is 1240 g/mol. The van der Waals surface area contributed by atoms with Gasteiger partial charge in [-0.25, -0.2) is 4.98 Å². The van der Waals surface area contributed by atoms with Gasteiger partial charge in [-0.05, 0) is 121 Å². The minimum absolute atomic E-state index is 0. The van der Waals surface area contributed by atoms with Crippen molar-refractivity contribution in [1.29, 1.82) is 0 Å². The third kappa shape index (κ3) is 10.1. The molecule has 5 nitrogen and oxygen atoms in total. The summed E-state index contributed by atoms with van der Waals surface area (Å²) < 4.78 is 109. The van der Waals surface area contributed by atoms with Gasteiger partial charge in [0.2, 0.25) is 0 Å². The molecule has 0 radical (unpaired) electrons. The molecular weight excluding hydrogens is 1160 g/mol. The molecule has 0 fully saturated rings. The smallest absolute Gasteiger partial charge is 0.135 e. The molecule has 1 aliphatic carbocycles. The molecule has 80 heavy (non-hydrogen) atoms. The second kappa shape index (κ2) is 20.7. The predicted octanol–water partition coefficient (Wildman–Crippen LogP) is 20.1. The van der Waals surface area contributed by atoms with Crippen molar-refractivity contribution in [1.82, 2.24) is 9.55 Å². The van der Waals surface area contributed by atoms with Crippen molar-refractivity contribution in [2.75, 3.05) is 9.80 Å². The van der Waals surface area contributed by atoms with Crippen LogP contribution in [0.5, 0.6) is 11.5 Å². The van der Waals surface area contributed by atoms with Crippen LogP contribution in [-0.4, -0.2) is 9.55 Å². The van der Waals surface area contributed by atoms with Crippen LogP contribution in [0.1, 0.15) is 139 Å². The number of nitrogens with zero attached hydrogens (tertiary/aromatic N) is 4. The summed E-state index contributed by atoms with van der Waals surface area (Å²) in [6.07, 6.45) is 1.87. The maximum absolute atomic E-state index is 9.67. The third-order valence-electron chi connectivity index (χ3n) is 15.9. The molecule has 8 aromatic carbocycles. The molecule has 3 heterocycles. The summed E-state index contributed by atoms with van der Waals surface area (Å²) in [7, 11) is 0. The number of anilines is 4. The van der Waals surface area contributed by atoms with Crippen LogP contribution in [0.4, 0.5) is 22.7 Å². The van der Waals surface area contributed by atoms with Crippen molar-refractivity contribution in [3.8, 4) is 50.7 Å². The van der Waals surface area contributed by atoms with E-state index in [0.717, 1.165) is 52.0 Å². The minimum atomic E-state index is -1.87. The number of hydrogen-bond donors (Lipinski definition) is 0. The zero-order chi connectivity index (χ0) is 64.8. The van der Waals surface area contributed by atoms with E-state index in [0.29, 0.717) is 44.7 Å². The molecule has 10 aromatic rings. The fraction of sp³-hybridized carbons (Fsp3) is 0.270. The number of fused-ring (bicyclic) bond motifs is 5. The summed E-state index contributed by atoms with van der Waals surface area (Å²) >= 11 is 0. The van der Waals surface area contributed by atoms with Gasteiger partial charge in [0.05, 0.1) is 12.3 Å². The van der Waals surface area contributed by atoms with Crippen LogP contribution in [0, 0.1) is 24.7 Å². The first-order valence-electron chi connectivity index (χ1n) is 32.9. The van der Waals surface area contributed by atoms with Crippen molar-refractivity contribution < 1.29 is 40.9 Å². The SMILES string of the molecule is [2H]c1c([2H])c([2H])c(-c2cccc(-c3cc(C(C)(C)C)cc(C(C)(C)C)c3)c2N2[CH-]N(c3[c-]c(Oc4[c-]c5c(cc4)c4c([2H])c([2H])c([2H])c([2H])c4n5-c4cc(C([2H])([2H])C(C)C)c(-c5ccc6c(c5)C(C)(C)CCC6(C)C)cn4)ccc3)c3ccccc32)c([2H])c1[2H].[Pt]. The van der Waals surface area contributed by atoms with E-state index in [1.807, 2.05) is 84.9 Å². The van der Waals surface area contributed by atoms with Gasteiger partial charge in [-0.1, -0.05) is 204 Å². The number of aromatic nitrogens is 2. The standard InChI is InChI=1S/C74H73N4O.Pt/c1-48(2)38-51-42-69(75-46-62(51)50-32-35-63-64(41-50)74(11,12)37-36-73(63,9)10)78-65-29-17-16-26-60(65)61-34-33-57(45-68(61)78)79-56-25-20-24-55(44-56)76-47-77(67-31-19-18-30-66(67)76)70-58(49-22-14-13-15-23-49)27-21-28-59(70)52-39-53(71(3,4)5)43-54(40-52)72(6,7)8;/h13-35,39-43,46-48H,36-38H2,1-12H3;/q-3;/i13D,14D,15D,16D,17D,22D,23D,26D,29D,38D2;. The Morgan fingerprint density at radius 1 is 0.625 bits per heavy atom. The average Bonchev–Trinajstić information content (AvgIpc) is 1.65. The van der Waals surface area contributed by atoms with Gasteiger partial charge in [-0.3, -0.25) is 0 Å². The van der Waals surface area contributed by atoms with Crippen LogP contribution in [0.15, 0.2) is 176 Å². The molecule has 12 rings (SSSR count). The molecule has 0 amide bonds. The van der Waals surface area contributed by atoms with E-state index in [4.69, 9.17) is 16.6 Å². The van der Waals surface area contributed by atoms with Gasteiger partial charge in [-0.15, -0.1) is 48.1 Å². The van der Waals surface area contributed by atoms with Gasteiger partial charge < -0.3 is 19.1 Å². The Morgan fingerprint density at radius 3 is 1.96 bits per heavy atom. The fourth-order valence-electron chi connectivity index (χ4n) is 11.4. The van der Waals surface area contributed by atoms with Crippen LogP contribution in [0.25, 0.3) is 61.0 Å². The molecule has 0 bridgehead atoms. The van der Waals surface area contributed by atoms with E-state index in [9.17, 15) is 8.22 Å². The molecule has 6 heteroatoms. The number of benzene rings is 8. The van der Waals surface area contributed by atoms with Crippen molar-refractivity contribution >= 4 is 44.6 Å². The van der Waals surface area contributed by atoms with E-state index < -0.39 is 42.5 Å². The molecule has 0 saturated heterocycles. The van der Waals surface area contributed by atoms with Gasteiger partial charge in [0.1, 0.15) is 5.82 Å². The minimum Gasteiger partial charge on any atom is -0.509 e. The van der Waals surface area contributed by atoms with Gasteiger partial charge in [0.25, 0.3) is 0 Å². The summed E-state index contributed by atoms with van der Waals surface area (Å²) in [6.45, 7) is 27.8. The van der Waals surface area contributed by atoms with E-state index in [-0.39, 0.29) is 94.9 Å². The number of rotatable bonds is 10. The molecule has 0 N–H and O–H groups in total. The molecule has 0 saturated carbocycles. The molecule has 0 spiro atoms. The normalized spacial score (nSPS) is 16.9. The summed E-state index contributed by atoms with van der Waals surface area (Å²) in [6, 6.07) is 40.9. The zero-order valence-electron chi connectivity index (χ0n) is 58.6. The second-order valence-corrected chi connectivity index (χ2v) is 24.9. The maximum atomic E-state index is 9.67. The number of hydrogen-bond acceptors (Lipinski definition) is 4. The van der Waals surface area contributed by atoms with Crippen LogP contribution < -0.4 is 14.5 Å². The first-order valence-corrected chi connectivity index (χ1v) is 27.4. The Morgan fingerprint density at radius 2 is 1.26 bits per heavy atom. The molecular formula is C74H73N4OPt-3. The zero-order valence-corrected chi connectivity index (χ0v) is 49.9. The summed E-state index contributed by atoms with van der Waals surface area (Å²) in [5.74, 6) is 0.317. The average molecular weight is 1240 g/mol.